The molecule has 1 aromatic carbocycles. The average molecular weight is 351 g/mol. The van der Waals surface area contributed by atoms with Crippen molar-refractivity contribution in [3.63, 3.8) is 0 Å². The third kappa shape index (κ3) is 3.15. The number of rotatable bonds is 2. The van der Waals surface area contributed by atoms with E-state index in [0.29, 0.717) is 11.4 Å². The minimum Gasteiger partial charge on any atom is -0.482 e. The smallest absolute Gasteiger partial charge is 0.262 e. The molecule has 0 unspecified atom stereocenters. The SMILES string of the molecule is N#CC(=C1CCCCC1)c1nc(-c2ccc3c(c2)NC(=O)CO3)cs1. The highest BCUT2D eigenvalue weighted by Gasteiger charge is 2.19. The zero-order valence-electron chi connectivity index (χ0n) is 13.7. The van der Waals surface area contributed by atoms with Gasteiger partial charge in [0.05, 0.1) is 17.0 Å². The van der Waals surface area contributed by atoms with E-state index in [9.17, 15) is 10.1 Å². The van der Waals surface area contributed by atoms with E-state index in [2.05, 4.69) is 16.4 Å². The van der Waals surface area contributed by atoms with Gasteiger partial charge in [0, 0.05) is 10.9 Å². The zero-order valence-corrected chi connectivity index (χ0v) is 14.5. The third-order valence-electron chi connectivity index (χ3n) is 4.55. The van der Waals surface area contributed by atoms with Gasteiger partial charge in [-0.25, -0.2) is 4.98 Å². The molecule has 1 N–H and O–H groups in total. The van der Waals surface area contributed by atoms with Crippen LogP contribution < -0.4 is 10.1 Å². The molecule has 1 aromatic heterocycles. The Kier molecular flexibility index (Phi) is 4.24. The first-order valence-electron chi connectivity index (χ1n) is 8.39. The van der Waals surface area contributed by atoms with Gasteiger partial charge < -0.3 is 10.1 Å². The monoisotopic (exact) mass is 351 g/mol. The molecule has 0 bridgehead atoms. The van der Waals surface area contributed by atoms with Crippen molar-refractivity contribution >= 4 is 28.5 Å². The quantitative estimate of drug-likeness (QED) is 0.815. The van der Waals surface area contributed by atoms with Crippen LogP contribution in [0, 0.1) is 11.3 Å². The number of amides is 1. The van der Waals surface area contributed by atoms with Gasteiger partial charge in [-0.2, -0.15) is 5.26 Å². The number of ether oxygens (including phenoxy) is 1. The van der Waals surface area contributed by atoms with Gasteiger partial charge in [0.1, 0.15) is 16.8 Å². The number of allylic oxidation sites excluding steroid dienone is 2. The third-order valence-corrected chi connectivity index (χ3v) is 5.41. The molecule has 1 aliphatic heterocycles. The number of fused-ring (bicyclic) bond motifs is 1. The predicted molar refractivity (Wildman–Crippen MR) is 97.3 cm³/mol. The number of hydrogen-bond donors (Lipinski definition) is 1. The van der Waals surface area contributed by atoms with Crippen LogP contribution in [0.5, 0.6) is 5.75 Å². The van der Waals surface area contributed by atoms with E-state index in [1.165, 1.54) is 23.3 Å². The van der Waals surface area contributed by atoms with Crippen LogP contribution in [0.25, 0.3) is 16.8 Å². The van der Waals surface area contributed by atoms with Gasteiger partial charge in [0.25, 0.3) is 5.91 Å². The van der Waals surface area contributed by atoms with Crippen molar-refractivity contribution in [3.8, 4) is 23.1 Å². The van der Waals surface area contributed by atoms with Crippen molar-refractivity contribution < 1.29 is 9.53 Å². The highest BCUT2D eigenvalue weighted by Crippen LogP contribution is 2.36. The second-order valence-electron chi connectivity index (χ2n) is 6.24. The number of aromatic nitrogens is 1. The maximum Gasteiger partial charge on any atom is 0.262 e. The molecule has 126 valence electrons. The van der Waals surface area contributed by atoms with Crippen LogP contribution in [0.2, 0.25) is 0 Å². The van der Waals surface area contributed by atoms with E-state index < -0.39 is 0 Å². The minimum absolute atomic E-state index is 0.0479. The van der Waals surface area contributed by atoms with E-state index in [-0.39, 0.29) is 12.5 Å². The fourth-order valence-electron chi connectivity index (χ4n) is 3.27. The van der Waals surface area contributed by atoms with Crippen molar-refractivity contribution in [1.82, 2.24) is 4.98 Å². The van der Waals surface area contributed by atoms with Crippen LogP contribution in [0.3, 0.4) is 0 Å². The van der Waals surface area contributed by atoms with E-state index in [1.807, 2.05) is 23.6 Å². The topological polar surface area (TPSA) is 75.0 Å². The molecule has 2 aromatic rings. The van der Waals surface area contributed by atoms with E-state index in [0.717, 1.165) is 47.5 Å². The maximum atomic E-state index is 11.5. The standard InChI is InChI=1S/C19H17N3O2S/c20-9-14(12-4-2-1-3-5-12)19-22-16(11-25-19)13-6-7-17-15(8-13)21-18(23)10-24-17/h6-8,11H,1-5,10H2,(H,21,23). The Morgan fingerprint density at radius 3 is 2.92 bits per heavy atom. The number of anilines is 1. The van der Waals surface area contributed by atoms with Gasteiger partial charge in [-0.3, -0.25) is 4.79 Å². The molecule has 0 radical (unpaired) electrons. The van der Waals surface area contributed by atoms with Crippen LogP contribution in [0.4, 0.5) is 5.69 Å². The number of hydrogen-bond acceptors (Lipinski definition) is 5. The molecule has 2 heterocycles. The highest BCUT2D eigenvalue weighted by molar-refractivity contribution is 7.11. The zero-order chi connectivity index (χ0) is 17.2. The van der Waals surface area contributed by atoms with Crippen LogP contribution in [0.1, 0.15) is 37.1 Å². The Morgan fingerprint density at radius 1 is 1.28 bits per heavy atom. The molecule has 0 atom stereocenters. The minimum atomic E-state index is -0.155. The number of nitrogens with zero attached hydrogens (tertiary/aromatic N) is 2. The Labute approximate surface area is 150 Å². The van der Waals surface area contributed by atoms with Gasteiger partial charge >= 0.3 is 0 Å². The fraction of sp³-hybridized carbons (Fsp3) is 0.316. The van der Waals surface area contributed by atoms with Gasteiger partial charge in [0.2, 0.25) is 0 Å². The molecule has 1 saturated carbocycles. The molecule has 25 heavy (non-hydrogen) atoms. The predicted octanol–water partition coefficient (Wildman–Crippen LogP) is 4.38. The molecule has 4 rings (SSSR count). The summed E-state index contributed by atoms with van der Waals surface area (Å²) in [6.07, 6.45) is 5.56. The van der Waals surface area contributed by atoms with Crippen LogP contribution in [0.15, 0.2) is 29.2 Å². The first kappa shape index (κ1) is 15.9. The lowest BCUT2D eigenvalue weighted by molar-refractivity contribution is -0.118. The molecule has 1 amide bonds. The van der Waals surface area contributed by atoms with Crippen LogP contribution in [-0.4, -0.2) is 17.5 Å². The van der Waals surface area contributed by atoms with Gasteiger partial charge in [-0.15, -0.1) is 11.3 Å². The summed E-state index contributed by atoms with van der Waals surface area (Å²) in [6.45, 7) is 0.0479. The summed E-state index contributed by atoms with van der Waals surface area (Å²) in [5.74, 6) is 0.512. The first-order chi connectivity index (χ1) is 12.2. The van der Waals surface area contributed by atoms with Crippen LogP contribution in [-0.2, 0) is 4.79 Å². The number of nitrogens with one attached hydrogen (secondary N) is 1. The lowest BCUT2D eigenvalue weighted by atomic mass is 9.91. The summed E-state index contributed by atoms with van der Waals surface area (Å²) in [7, 11) is 0. The van der Waals surface area contributed by atoms with E-state index in [4.69, 9.17) is 4.74 Å². The second-order valence-corrected chi connectivity index (χ2v) is 7.09. The van der Waals surface area contributed by atoms with Gasteiger partial charge in [-0.1, -0.05) is 6.42 Å². The summed E-state index contributed by atoms with van der Waals surface area (Å²) in [5.41, 5.74) is 4.35. The molecule has 2 aliphatic rings. The number of nitriles is 1. The summed E-state index contributed by atoms with van der Waals surface area (Å²) >= 11 is 1.50. The van der Waals surface area contributed by atoms with Gasteiger partial charge in [0.15, 0.2) is 6.61 Å². The van der Waals surface area contributed by atoms with Crippen LogP contribution >= 0.6 is 11.3 Å². The molecule has 0 spiro atoms. The Balaban J connectivity index is 1.66. The van der Waals surface area contributed by atoms with Crippen molar-refractivity contribution in [2.75, 3.05) is 11.9 Å². The first-order valence-corrected chi connectivity index (χ1v) is 9.27. The largest absolute Gasteiger partial charge is 0.482 e. The van der Waals surface area contributed by atoms with E-state index in [1.54, 1.807) is 0 Å². The van der Waals surface area contributed by atoms with Gasteiger partial charge in [-0.05, 0) is 49.5 Å². The summed E-state index contributed by atoms with van der Waals surface area (Å²) in [4.78, 5) is 16.2. The van der Waals surface area contributed by atoms with Crippen molar-refractivity contribution in [2.24, 2.45) is 0 Å². The summed E-state index contributed by atoms with van der Waals surface area (Å²) in [6, 6.07) is 7.99. The number of carbonyl (C=O) groups excluding carboxylic acids is 1. The molecule has 5 nitrogen and oxygen atoms in total. The highest BCUT2D eigenvalue weighted by atomic mass is 32.1. The number of thiazole rings is 1. The summed E-state index contributed by atoms with van der Waals surface area (Å²) < 4.78 is 5.39. The molecule has 1 aliphatic carbocycles. The normalized spacial score (nSPS) is 16.4. The summed E-state index contributed by atoms with van der Waals surface area (Å²) in [5, 5.41) is 15.2. The maximum absolute atomic E-state index is 11.5. The Hall–Kier alpha value is -2.65. The molecular formula is C19H17N3O2S. The lowest BCUT2D eigenvalue weighted by Crippen LogP contribution is -2.25. The molecule has 6 heteroatoms. The van der Waals surface area contributed by atoms with Crippen molar-refractivity contribution in [1.29, 1.82) is 5.26 Å². The molecular weight excluding hydrogens is 334 g/mol. The lowest BCUT2D eigenvalue weighted by Gasteiger charge is -2.18. The Morgan fingerprint density at radius 2 is 2.12 bits per heavy atom. The fourth-order valence-corrected chi connectivity index (χ4v) is 4.14. The second kappa shape index (κ2) is 6.69. The van der Waals surface area contributed by atoms with Crippen molar-refractivity contribution in [2.45, 2.75) is 32.1 Å². The van der Waals surface area contributed by atoms with Crippen molar-refractivity contribution in [3.05, 3.63) is 34.2 Å². The number of benzene rings is 1. The number of carbonyl (C=O) groups is 1. The Bertz CT molecular complexity index is 900. The molecule has 0 saturated heterocycles. The van der Waals surface area contributed by atoms with E-state index >= 15 is 0 Å². The molecule has 1 fully saturated rings. The average Bonchev–Trinajstić information content (AvgIpc) is 3.12.